The molecule has 0 N–H and O–H groups in total. The smallest absolute Gasteiger partial charge is 0.129 e. The van der Waals surface area contributed by atoms with E-state index in [0.29, 0.717) is 5.56 Å². The molecular weight excluding hydrogens is 225 g/mol. The summed E-state index contributed by atoms with van der Waals surface area (Å²) in [5.74, 6) is 0.0319. The van der Waals surface area contributed by atoms with Crippen LogP contribution >= 0.6 is 11.6 Å². The van der Waals surface area contributed by atoms with E-state index in [-0.39, 0.29) is 17.2 Å². The van der Waals surface area contributed by atoms with Crippen molar-refractivity contribution < 1.29 is 4.39 Å². The molecule has 0 spiro atoms. The Morgan fingerprint density at radius 1 is 1.44 bits per heavy atom. The summed E-state index contributed by atoms with van der Waals surface area (Å²) in [7, 11) is 0. The van der Waals surface area contributed by atoms with Crippen LogP contribution in [-0.2, 0) is 5.88 Å². The van der Waals surface area contributed by atoms with Gasteiger partial charge in [-0.25, -0.2) is 4.39 Å². The van der Waals surface area contributed by atoms with Gasteiger partial charge in [0.2, 0.25) is 0 Å². The van der Waals surface area contributed by atoms with Gasteiger partial charge >= 0.3 is 0 Å². The lowest BCUT2D eigenvalue weighted by atomic mass is 10.0. The summed E-state index contributed by atoms with van der Waals surface area (Å²) in [6.07, 6.45) is 2.30. The van der Waals surface area contributed by atoms with Crippen molar-refractivity contribution in [3.05, 3.63) is 29.6 Å². The minimum absolute atomic E-state index is 0.106. The van der Waals surface area contributed by atoms with Crippen LogP contribution in [0.5, 0.6) is 0 Å². The largest absolute Gasteiger partial charge is 0.366 e. The van der Waals surface area contributed by atoms with E-state index in [9.17, 15) is 4.39 Å². The van der Waals surface area contributed by atoms with Gasteiger partial charge in [0.05, 0.1) is 5.88 Å². The number of rotatable bonds is 2. The highest BCUT2D eigenvalue weighted by atomic mass is 35.5. The molecule has 0 saturated carbocycles. The van der Waals surface area contributed by atoms with Crippen molar-refractivity contribution in [1.29, 1.82) is 0 Å². The molecule has 1 heterocycles. The fraction of sp³-hybridized carbons (Fsp3) is 0.538. The molecule has 1 aromatic carbocycles. The Labute approximate surface area is 101 Å². The van der Waals surface area contributed by atoms with Crippen LogP contribution in [0.25, 0.3) is 0 Å². The summed E-state index contributed by atoms with van der Waals surface area (Å²) in [6, 6.07) is 5.20. The van der Waals surface area contributed by atoms with Crippen LogP contribution in [0.3, 0.4) is 0 Å². The highest BCUT2D eigenvalue weighted by molar-refractivity contribution is 6.17. The van der Waals surface area contributed by atoms with Gasteiger partial charge in [0, 0.05) is 23.3 Å². The van der Waals surface area contributed by atoms with E-state index in [1.54, 1.807) is 6.07 Å². The first-order chi connectivity index (χ1) is 7.56. The van der Waals surface area contributed by atoms with Gasteiger partial charge in [-0.3, -0.25) is 0 Å². The molecule has 1 aromatic rings. The topological polar surface area (TPSA) is 3.24 Å². The Hall–Kier alpha value is -0.760. The number of halogens is 2. The number of nitrogens with zero attached hydrogens (tertiary/aromatic N) is 1. The summed E-state index contributed by atoms with van der Waals surface area (Å²) in [6.45, 7) is 5.38. The molecule has 0 radical (unpaired) electrons. The van der Waals surface area contributed by atoms with E-state index >= 15 is 0 Å². The third-order valence-electron chi connectivity index (χ3n) is 3.42. The average Bonchev–Trinajstić information content (AvgIpc) is 2.57. The van der Waals surface area contributed by atoms with E-state index in [1.165, 1.54) is 6.07 Å². The number of alkyl halides is 1. The van der Waals surface area contributed by atoms with Gasteiger partial charge in [0.1, 0.15) is 5.82 Å². The van der Waals surface area contributed by atoms with Crippen molar-refractivity contribution >= 4 is 17.3 Å². The first-order valence-corrected chi connectivity index (χ1v) is 6.21. The maximum Gasteiger partial charge on any atom is 0.129 e. The van der Waals surface area contributed by atoms with E-state index in [4.69, 9.17) is 11.6 Å². The Morgan fingerprint density at radius 3 is 2.75 bits per heavy atom. The van der Waals surface area contributed by atoms with Gasteiger partial charge in [0.15, 0.2) is 0 Å². The number of hydrogen-bond donors (Lipinski definition) is 0. The lowest BCUT2D eigenvalue weighted by Gasteiger charge is -2.35. The Bertz CT molecular complexity index is 390. The van der Waals surface area contributed by atoms with Crippen LogP contribution in [0.15, 0.2) is 18.2 Å². The predicted octanol–water partition coefficient (Wildman–Crippen LogP) is 3.94. The van der Waals surface area contributed by atoms with Crippen molar-refractivity contribution in [3.8, 4) is 0 Å². The van der Waals surface area contributed by atoms with Crippen molar-refractivity contribution in [2.24, 2.45) is 0 Å². The molecule has 1 fully saturated rings. The minimum atomic E-state index is -0.199. The molecule has 0 atom stereocenters. The van der Waals surface area contributed by atoms with E-state index in [0.717, 1.165) is 25.1 Å². The second-order valence-corrected chi connectivity index (χ2v) is 5.21. The molecule has 0 unspecified atom stereocenters. The average molecular weight is 242 g/mol. The monoisotopic (exact) mass is 241 g/mol. The molecule has 1 nitrogen and oxygen atoms in total. The molecule has 0 bridgehead atoms. The van der Waals surface area contributed by atoms with Crippen LogP contribution in [0, 0.1) is 5.82 Å². The summed E-state index contributed by atoms with van der Waals surface area (Å²) in [5, 5.41) is 0. The molecule has 3 heteroatoms. The van der Waals surface area contributed by atoms with Crippen LogP contribution in [-0.4, -0.2) is 12.1 Å². The second kappa shape index (κ2) is 4.25. The molecule has 0 aliphatic carbocycles. The third kappa shape index (κ3) is 1.91. The van der Waals surface area contributed by atoms with Crippen LogP contribution in [0.2, 0.25) is 0 Å². The lowest BCUT2D eigenvalue weighted by molar-refractivity contribution is 0.515. The fourth-order valence-corrected chi connectivity index (χ4v) is 2.75. The molecular formula is C13H17ClFN. The maximum absolute atomic E-state index is 13.6. The summed E-state index contributed by atoms with van der Waals surface area (Å²) < 4.78 is 13.6. The highest BCUT2D eigenvalue weighted by Gasteiger charge is 2.33. The first kappa shape index (κ1) is 11.7. The molecule has 1 aliphatic rings. The lowest BCUT2D eigenvalue weighted by Crippen LogP contribution is -2.38. The molecule has 2 rings (SSSR count). The second-order valence-electron chi connectivity index (χ2n) is 4.94. The van der Waals surface area contributed by atoms with Crippen LogP contribution in [0.4, 0.5) is 10.1 Å². The van der Waals surface area contributed by atoms with Gasteiger partial charge in [-0.05, 0) is 38.8 Å². The van der Waals surface area contributed by atoms with Crippen molar-refractivity contribution in [1.82, 2.24) is 0 Å². The summed E-state index contributed by atoms with van der Waals surface area (Å²) >= 11 is 5.84. The number of anilines is 1. The SMILES string of the molecule is CC1(C)CCCN1c1cccc(F)c1CCl. The molecule has 16 heavy (non-hydrogen) atoms. The zero-order valence-corrected chi connectivity index (χ0v) is 10.5. The first-order valence-electron chi connectivity index (χ1n) is 5.67. The number of benzene rings is 1. The Morgan fingerprint density at radius 2 is 2.19 bits per heavy atom. The Balaban J connectivity index is 2.44. The quantitative estimate of drug-likeness (QED) is 0.709. The molecule has 0 aromatic heterocycles. The summed E-state index contributed by atoms with van der Waals surface area (Å²) in [5.41, 5.74) is 1.69. The zero-order valence-electron chi connectivity index (χ0n) is 9.76. The molecule has 1 saturated heterocycles. The molecule has 0 amide bonds. The fourth-order valence-electron chi connectivity index (χ4n) is 2.49. The van der Waals surface area contributed by atoms with Gasteiger partial charge in [-0.15, -0.1) is 11.6 Å². The van der Waals surface area contributed by atoms with Gasteiger partial charge < -0.3 is 4.90 Å². The minimum Gasteiger partial charge on any atom is -0.366 e. The van der Waals surface area contributed by atoms with Gasteiger partial charge in [-0.1, -0.05) is 6.07 Å². The van der Waals surface area contributed by atoms with Crippen LogP contribution in [0.1, 0.15) is 32.3 Å². The van der Waals surface area contributed by atoms with Crippen molar-refractivity contribution in [2.45, 2.75) is 38.1 Å². The zero-order chi connectivity index (χ0) is 11.8. The molecule has 88 valence electrons. The van der Waals surface area contributed by atoms with E-state index in [2.05, 4.69) is 18.7 Å². The Kier molecular flexibility index (Phi) is 3.11. The normalized spacial score (nSPS) is 19.1. The molecule has 1 aliphatic heterocycles. The highest BCUT2D eigenvalue weighted by Crippen LogP contribution is 2.36. The van der Waals surface area contributed by atoms with Gasteiger partial charge in [-0.2, -0.15) is 0 Å². The van der Waals surface area contributed by atoms with Gasteiger partial charge in [0.25, 0.3) is 0 Å². The predicted molar refractivity (Wildman–Crippen MR) is 66.6 cm³/mol. The van der Waals surface area contributed by atoms with Crippen molar-refractivity contribution in [2.75, 3.05) is 11.4 Å². The van der Waals surface area contributed by atoms with E-state index in [1.807, 2.05) is 6.07 Å². The summed E-state index contributed by atoms with van der Waals surface area (Å²) in [4.78, 5) is 2.27. The third-order valence-corrected chi connectivity index (χ3v) is 3.69. The number of hydrogen-bond acceptors (Lipinski definition) is 1. The maximum atomic E-state index is 13.6. The standard InChI is InChI=1S/C13H17ClFN/c1-13(2)7-4-8-16(13)12-6-3-5-11(15)10(12)9-14/h3,5-6H,4,7-9H2,1-2H3. The van der Waals surface area contributed by atoms with E-state index < -0.39 is 0 Å². The van der Waals surface area contributed by atoms with Crippen LogP contribution < -0.4 is 4.90 Å². The van der Waals surface area contributed by atoms with Crippen molar-refractivity contribution in [3.63, 3.8) is 0 Å².